The SMILES string of the molecule is CCCCCN(C)Cc1cc(C(N)=S)ccc1OC. The topological polar surface area (TPSA) is 38.5 Å². The van der Waals surface area contributed by atoms with Gasteiger partial charge in [0.25, 0.3) is 0 Å². The molecule has 0 atom stereocenters. The summed E-state index contributed by atoms with van der Waals surface area (Å²) < 4.78 is 5.40. The second-order valence-corrected chi connectivity index (χ2v) is 5.28. The molecule has 0 amide bonds. The molecule has 0 aromatic heterocycles. The minimum Gasteiger partial charge on any atom is -0.496 e. The van der Waals surface area contributed by atoms with Gasteiger partial charge in [-0.1, -0.05) is 32.0 Å². The van der Waals surface area contributed by atoms with Gasteiger partial charge >= 0.3 is 0 Å². The molecule has 4 heteroatoms. The van der Waals surface area contributed by atoms with Crippen LogP contribution >= 0.6 is 12.2 Å². The Bertz CT molecular complexity index is 421. The van der Waals surface area contributed by atoms with E-state index >= 15 is 0 Å². The number of nitrogens with zero attached hydrogens (tertiary/aromatic N) is 1. The predicted octanol–water partition coefficient (Wildman–Crippen LogP) is 2.95. The summed E-state index contributed by atoms with van der Waals surface area (Å²) in [5.74, 6) is 0.891. The van der Waals surface area contributed by atoms with E-state index < -0.39 is 0 Å². The second-order valence-electron chi connectivity index (χ2n) is 4.84. The van der Waals surface area contributed by atoms with Crippen LogP contribution in [0.25, 0.3) is 0 Å². The molecular weight excluding hydrogens is 256 g/mol. The summed E-state index contributed by atoms with van der Waals surface area (Å²) in [5.41, 5.74) is 7.71. The van der Waals surface area contributed by atoms with Crippen LogP contribution in [-0.4, -0.2) is 30.6 Å². The molecule has 0 bridgehead atoms. The quantitative estimate of drug-likeness (QED) is 0.587. The van der Waals surface area contributed by atoms with E-state index in [9.17, 15) is 0 Å². The van der Waals surface area contributed by atoms with Crippen molar-refractivity contribution in [1.82, 2.24) is 4.90 Å². The molecule has 1 aromatic carbocycles. The molecule has 19 heavy (non-hydrogen) atoms. The minimum atomic E-state index is 0.428. The third-order valence-electron chi connectivity index (χ3n) is 3.15. The Hall–Kier alpha value is -1.13. The van der Waals surface area contributed by atoms with E-state index in [4.69, 9.17) is 22.7 Å². The number of unbranched alkanes of at least 4 members (excludes halogenated alkanes) is 2. The van der Waals surface area contributed by atoms with Crippen LogP contribution in [0.3, 0.4) is 0 Å². The Morgan fingerprint density at radius 2 is 2.11 bits per heavy atom. The van der Waals surface area contributed by atoms with Gasteiger partial charge in [-0.05, 0) is 38.2 Å². The number of nitrogens with two attached hydrogens (primary N) is 1. The van der Waals surface area contributed by atoms with Gasteiger partial charge in [-0.25, -0.2) is 0 Å². The van der Waals surface area contributed by atoms with Crippen molar-refractivity contribution in [2.24, 2.45) is 5.73 Å². The average Bonchev–Trinajstić information content (AvgIpc) is 2.38. The Kier molecular flexibility index (Phi) is 6.81. The third-order valence-corrected chi connectivity index (χ3v) is 3.38. The van der Waals surface area contributed by atoms with Crippen LogP contribution in [0.2, 0.25) is 0 Å². The van der Waals surface area contributed by atoms with Crippen molar-refractivity contribution < 1.29 is 4.74 Å². The fraction of sp³-hybridized carbons (Fsp3) is 0.533. The van der Waals surface area contributed by atoms with Crippen LogP contribution in [0.5, 0.6) is 5.75 Å². The fourth-order valence-electron chi connectivity index (χ4n) is 2.06. The van der Waals surface area contributed by atoms with E-state index in [1.165, 1.54) is 19.3 Å². The molecule has 0 radical (unpaired) electrons. The summed E-state index contributed by atoms with van der Waals surface area (Å²) in [6.07, 6.45) is 3.74. The molecular formula is C15H24N2OS. The highest BCUT2D eigenvalue weighted by atomic mass is 32.1. The van der Waals surface area contributed by atoms with Crippen LogP contribution in [-0.2, 0) is 6.54 Å². The molecule has 0 aliphatic heterocycles. The molecule has 1 rings (SSSR count). The molecule has 0 heterocycles. The largest absolute Gasteiger partial charge is 0.496 e. The van der Waals surface area contributed by atoms with E-state index in [0.29, 0.717) is 4.99 Å². The number of rotatable bonds is 8. The first-order valence-electron chi connectivity index (χ1n) is 6.73. The van der Waals surface area contributed by atoms with Gasteiger partial charge in [-0.2, -0.15) is 0 Å². The Balaban J connectivity index is 2.74. The number of benzene rings is 1. The summed E-state index contributed by atoms with van der Waals surface area (Å²) >= 11 is 5.02. The van der Waals surface area contributed by atoms with Crippen LogP contribution < -0.4 is 10.5 Å². The first-order valence-corrected chi connectivity index (χ1v) is 7.14. The Morgan fingerprint density at radius 3 is 2.68 bits per heavy atom. The lowest BCUT2D eigenvalue weighted by Crippen LogP contribution is -2.20. The van der Waals surface area contributed by atoms with Crippen molar-refractivity contribution in [1.29, 1.82) is 0 Å². The van der Waals surface area contributed by atoms with E-state index in [1.54, 1.807) is 7.11 Å². The van der Waals surface area contributed by atoms with Gasteiger partial charge in [0.2, 0.25) is 0 Å². The number of ether oxygens (including phenoxy) is 1. The first kappa shape index (κ1) is 15.9. The summed E-state index contributed by atoms with van der Waals surface area (Å²) in [5, 5.41) is 0. The van der Waals surface area contributed by atoms with Gasteiger partial charge < -0.3 is 15.4 Å². The molecule has 0 saturated carbocycles. The zero-order chi connectivity index (χ0) is 14.3. The lowest BCUT2D eigenvalue weighted by atomic mass is 10.1. The van der Waals surface area contributed by atoms with Crippen molar-refractivity contribution in [3.63, 3.8) is 0 Å². The Labute approximate surface area is 121 Å². The number of methoxy groups -OCH3 is 1. The molecule has 106 valence electrons. The molecule has 3 nitrogen and oxygen atoms in total. The van der Waals surface area contributed by atoms with Crippen molar-refractivity contribution in [2.45, 2.75) is 32.7 Å². The summed E-state index contributed by atoms with van der Waals surface area (Å²) in [4.78, 5) is 2.73. The summed E-state index contributed by atoms with van der Waals surface area (Å²) in [7, 11) is 3.82. The van der Waals surface area contributed by atoms with Gasteiger partial charge in [0.15, 0.2) is 0 Å². The number of hydrogen-bond acceptors (Lipinski definition) is 3. The van der Waals surface area contributed by atoms with Gasteiger partial charge in [0.05, 0.1) is 7.11 Å². The van der Waals surface area contributed by atoms with Gasteiger partial charge in [0, 0.05) is 17.7 Å². The number of thiocarbonyl (C=S) groups is 1. The van der Waals surface area contributed by atoms with Crippen molar-refractivity contribution >= 4 is 17.2 Å². The smallest absolute Gasteiger partial charge is 0.123 e. The highest BCUT2D eigenvalue weighted by Gasteiger charge is 2.08. The molecule has 0 spiro atoms. The summed E-state index contributed by atoms with van der Waals surface area (Å²) in [6, 6.07) is 5.86. The maximum atomic E-state index is 5.68. The lowest BCUT2D eigenvalue weighted by molar-refractivity contribution is 0.310. The highest BCUT2D eigenvalue weighted by molar-refractivity contribution is 7.80. The molecule has 0 fully saturated rings. The van der Waals surface area contributed by atoms with E-state index in [1.807, 2.05) is 18.2 Å². The zero-order valence-electron chi connectivity index (χ0n) is 12.1. The van der Waals surface area contributed by atoms with Crippen molar-refractivity contribution in [3.8, 4) is 5.75 Å². The maximum Gasteiger partial charge on any atom is 0.123 e. The zero-order valence-corrected chi connectivity index (χ0v) is 12.9. The van der Waals surface area contributed by atoms with Crippen LogP contribution in [0.15, 0.2) is 18.2 Å². The van der Waals surface area contributed by atoms with E-state index in [-0.39, 0.29) is 0 Å². The second kappa shape index (κ2) is 8.12. The van der Waals surface area contributed by atoms with Crippen molar-refractivity contribution in [3.05, 3.63) is 29.3 Å². The normalized spacial score (nSPS) is 10.7. The molecule has 1 aromatic rings. The number of hydrogen-bond donors (Lipinski definition) is 1. The van der Waals surface area contributed by atoms with Crippen LogP contribution in [0, 0.1) is 0 Å². The van der Waals surface area contributed by atoms with Gasteiger partial charge in [-0.3, -0.25) is 0 Å². The summed E-state index contributed by atoms with van der Waals surface area (Å²) in [6.45, 7) is 4.16. The van der Waals surface area contributed by atoms with Gasteiger partial charge in [-0.15, -0.1) is 0 Å². The molecule has 0 aliphatic carbocycles. The highest BCUT2D eigenvalue weighted by Crippen LogP contribution is 2.21. The minimum absolute atomic E-state index is 0.428. The van der Waals surface area contributed by atoms with Crippen LogP contribution in [0.1, 0.15) is 37.3 Å². The van der Waals surface area contributed by atoms with E-state index in [2.05, 4.69) is 18.9 Å². The molecule has 0 aliphatic rings. The third kappa shape index (κ3) is 5.17. The monoisotopic (exact) mass is 280 g/mol. The predicted molar refractivity (Wildman–Crippen MR) is 84.7 cm³/mol. The Morgan fingerprint density at radius 1 is 1.37 bits per heavy atom. The maximum absolute atomic E-state index is 5.68. The van der Waals surface area contributed by atoms with Crippen LogP contribution in [0.4, 0.5) is 0 Å². The molecule has 0 unspecified atom stereocenters. The standard InChI is InChI=1S/C15H24N2OS/c1-4-5-6-9-17(2)11-13-10-12(15(16)19)7-8-14(13)18-3/h7-8,10H,4-6,9,11H2,1-3H3,(H2,16,19). The molecule has 2 N–H and O–H groups in total. The first-order chi connectivity index (χ1) is 9.08. The molecule has 0 saturated heterocycles. The lowest BCUT2D eigenvalue weighted by Gasteiger charge is -2.19. The van der Waals surface area contributed by atoms with E-state index in [0.717, 1.165) is 30.0 Å². The fourth-order valence-corrected chi connectivity index (χ4v) is 2.18. The van der Waals surface area contributed by atoms with Gasteiger partial charge in [0.1, 0.15) is 10.7 Å². The average molecular weight is 280 g/mol. The van der Waals surface area contributed by atoms with Crippen molar-refractivity contribution in [2.75, 3.05) is 20.7 Å².